The van der Waals surface area contributed by atoms with Gasteiger partial charge < -0.3 is 19.9 Å². The van der Waals surface area contributed by atoms with Gasteiger partial charge in [0.15, 0.2) is 5.58 Å². The third-order valence-electron chi connectivity index (χ3n) is 2.34. The second kappa shape index (κ2) is 5.35. The van der Waals surface area contributed by atoms with Crippen LogP contribution >= 0.6 is 15.9 Å². The predicted octanol–water partition coefficient (Wildman–Crippen LogP) is 1.23. The first kappa shape index (κ1) is 12.8. The number of nitrogens with one attached hydrogen (secondary N) is 1. The lowest BCUT2D eigenvalue weighted by Crippen LogP contribution is -2.23. The number of aliphatic hydroxyl groups is 2. The van der Waals surface area contributed by atoms with Gasteiger partial charge in [-0.15, -0.1) is 0 Å². The number of hydrogen-bond acceptors (Lipinski definition) is 6. The Morgan fingerprint density at radius 1 is 1.61 bits per heavy atom. The Hall–Kier alpha value is -1.62. The van der Waals surface area contributed by atoms with E-state index >= 15 is 0 Å². The lowest BCUT2D eigenvalue weighted by atomic mass is 10.3. The van der Waals surface area contributed by atoms with Gasteiger partial charge in [0.25, 0.3) is 0 Å². The number of anilines is 1. The molecule has 2 heterocycles. The van der Waals surface area contributed by atoms with E-state index in [1.54, 1.807) is 6.07 Å². The van der Waals surface area contributed by atoms with Gasteiger partial charge in [-0.2, -0.15) is 5.26 Å². The maximum atomic E-state index is 9.25. The smallest absolute Gasteiger partial charge is 0.204 e. The van der Waals surface area contributed by atoms with E-state index in [9.17, 15) is 5.11 Å². The molecule has 0 bridgehead atoms. The fourth-order valence-corrected chi connectivity index (χ4v) is 1.99. The van der Waals surface area contributed by atoms with Crippen molar-refractivity contribution in [2.45, 2.75) is 6.10 Å². The van der Waals surface area contributed by atoms with Crippen LogP contribution in [0.5, 0.6) is 0 Å². The maximum absolute atomic E-state index is 9.25. The van der Waals surface area contributed by atoms with E-state index < -0.39 is 6.10 Å². The molecule has 7 heteroatoms. The predicted molar refractivity (Wildman–Crippen MR) is 68.0 cm³/mol. The van der Waals surface area contributed by atoms with Gasteiger partial charge in [-0.25, -0.2) is 4.98 Å². The van der Waals surface area contributed by atoms with Crippen LogP contribution in [-0.2, 0) is 0 Å². The second-order valence-electron chi connectivity index (χ2n) is 3.64. The van der Waals surface area contributed by atoms with E-state index in [2.05, 4.69) is 26.2 Å². The summed E-state index contributed by atoms with van der Waals surface area (Å²) in [5, 5.41) is 30.3. The molecule has 1 atom stereocenters. The van der Waals surface area contributed by atoms with Crippen LogP contribution in [0.2, 0.25) is 0 Å². The lowest BCUT2D eigenvalue weighted by Gasteiger charge is -2.10. The number of aliphatic hydroxyl groups excluding tert-OH is 2. The number of pyridine rings is 1. The van der Waals surface area contributed by atoms with Crippen LogP contribution in [0, 0.1) is 11.3 Å². The Kier molecular flexibility index (Phi) is 3.81. The number of aromatic nitrogens is 1. The minimum absolute atomic E-state index is 0.177. The highest BCUT2D eigenvalue weighted by Gasteiger charge is 2.12. The normalized spacial score (nSPS) is 12.3. The zero-order valence-corrected chi connectivity index (χ0v) is 10.8. The number of furan rings is 1. The molecule has 0 fully saturated rings. The minimum Gasteiger partial charge on any atom is -0.444 e. The maximum Gasteiger partial charge on any atom is 0.204 e. The van der Waals surface area contributed by atoms with Crippen molar-refractivity contribution in [3.63, 3.8) is 0 Å². The number of nitrogens with zero attached hydrogens (tertiary/aromatic N) is 2. The van der Waals surface area contributed by atoms with Crippen molar-refractivity contribution in [3.8, 4) is 6.07 Å². The van der Waals surface area contributed by atoms with Crippen LogP contribution in [0.3, 0.4) is 0 Å². The summed E-state index contributed by atoms with van der Waals surface area (Å²) in [5.41, 5.74) is 0.506. The second-order valence-corrected chi connectivity index (χ2v) is 4.43. The van der Waals surface area contributed by atoms with Crippen LogP contribution < -0.4 is 5.32 Å². The summed E-state index contributed by atoms with van der Waals surface area (Å²) in [7, 11) is 0. The molecular weight excluding hydrogens is 302 g/mol. The molecule has 0 spiro atoms. The molecule has 6 nitrogen and oxygen atoms in total. The topological polar surface area (TPSA) is 102 Å². The molecule has 0 amide bonds. The van der Waals surface area contributed by atoms with E-state index in [-0.39, 0.29) is 18.9 Å². The number of fused-ring (bicyclic) bond motifs is 1. The zero-order valence-electron chi connectivity index (χ0n) is 9.22. The molecule has 0 unspecified atom stereocenters. The zero-order chi connectivity index (χ0) is 13.1. The first-order valence-electron chi connectivity index (χ1n) is 5.16. The number of hydrogen-bond donors (Lipinski definition) is 3. The molecule has 18 heavy (non-hydrogen) atoms. The van der Waals surface area contributed by atoms with Gasteiger partial charge in [0.05, 0.1) is 23.4 Å². The highest BCUT2D eigenvalue weighted by molar-refractivity contribution is 9.10. The summed E-state index contributed by atoms with van der Waals surface area (Å²) in [6.07, 6.45) is 0.641. The SMILES string of the molecule is N#Cc1cc2c(Br)c(NC[C@@H](O)CO)ncc2o1. The third kappa shape index (κ3) is 2.46. The summed E-state index contributed by atoms with van der Waals surface area (Å²) >= 11 is 3.36. The van der Waals surface area contributed by atoms with Gasteiger partial charge in [-0.05, 0) is 15.9 Å². The molecule has 0 aliphatic rings. The van der Waals surface area contributed by atoms with E-state index in [0.717, 1.165) is 5.39 Å². The summed E-state index contributed by atoms with van der Waals surface area (Å²) in [4.78, 5) is 4.11. The fraction of sp³-hybridized carbons (Fsp3) is 0.273. The van der Waals surface area contributed by atoms with Crippen molar-refractivity contribution in [1.82, 2.24) is 4.98 Å². The van der Waals surface area contributed by atoms with Crippen molar-refractivity contribution in [1.29, 1.82) is 5.26 Å². The molecule has 2 rings (SSSR count). The highest BCUT2D eigenvalue weighted by Crippen LogP contribution is 2.31. The number of rotatable bonds is 4. The van der Waals surface area contributed by atoms with Crippen molar-refractivity contribution in [3.05, 3.63) is 22.5 Å². The Morgan fingerprint density at radius 2 is 2.39 bits per heavy atom. The summed E-state index contributed by atoms with van der Waals surface area (Å²) in [6.45, 7) is -0.145. The molecule has 0 aliphatic carbocycles. The molecule has 0 saturated heterocycles. The highest BCUT2D eigenvalue weighted by atomic mass is 79.9. The largest absolute Gasteiger partial charge is 0.444 e. The van der Waals surface area contributed by atoms with Crippen LogP contribution in [0.15, 0.2) is 21.2 Å². The molecule has 2 aromatic rings. The molecule has 94 valence electrons. The standard InChI is InChI=1S/C11H10BrN3O3/c12-10-8-1-7(2-13)18-9(8)4-15-11(10)14-3-6(17)5-16/h1,4,6,16-17H,3,5H2,(H,14,15)/t6-/m1/s1. The average Bonchev–Trinajstić information content (AvgIpc) is 2.81. The molecule has 2 aromatic heterocycles. The minimum atomic E-state index is -0.853. The third-order valence-corrected chi connectivity index (χ3v) is 3.14. The van der Waals surface area contributed by atoms with Crippen molar-refractivity contribution in [2.24, 2.45) is 0 Å². The van der Waals surface area contributed by atoms with Crippen molar-refractivity contribution < 1.29 is 14.6 Å². The Balaban J connectivity index is 2.30. The van der Waals surface area contributed by atoms with Crippen LogP contribution in [0.4, 0.5) is 5.82 Å². The van der Waals surface area contributed by atoms with Crippen molar-refractivity contribution >= 4 is 32.7 Å². The number of halogens is 1. The van der Waals surface area contributed by atoms with E-state index in [1.165, 1.54) is 6.20 Å². The number of nitriles is 1. The van der Waals surface area contributed by atoms with Gasteiger partial charge in [-0.1, -0.05) is 0 Å². The Labute approximate surface area is 111 Å². The summed E-state index contributed by atoms with van der Waals surface area (Å²) in [6, 6.07) is 3.52. The Morgan fingerprint density at radius 3 is 3.06 bits per heavy atom. The lowest BCUT2D eigenvalue weighted by molar-refractivity contribution is 0.105. The van der Waals surface area contributed by atoms with Gasteiger partial charge in [0, 0.05) is 18.0 Å². The van der Waals surface area contributed by atoms with Gasteiger partial charge in [0.2, 0.25) is 5.76 Å². The van der Waals surface area contributed by atoms with E-state index in [0.29, 0.717) is 15.9 Å². The van der Waals surface area contributed by atoms with Gasteiger partial charge in [-0.3, -0.25) is 0 Å². The molecule has 0 saturated carbocycles. The fourth-order valence-electron chi connectivity index (χ4n) is 1.44. The van der Waals surface area contributed by atoms with Gasteiger partial charge in [0.1, 0.15) is 11.9 Å². The first-order valence-corrected chi connectivity index (χ1v) is 5.96. The molecule has 0 radical (unpaired) electrons. The van der Waals surface area contributed by atoms with Crippen LogP contribution in [-0.4, -0.2) is 34.5 Å². The Bertz CT molecular complexity index is 605. The molecule has 0 aliphatic heterocycles. The average molecular weight is 312 g/mol. The quantitative estimate of drug-likeness (QED) is 0.785. The molecule has 3 N–H and O–H groups in total. The molecular formula is C11H10BrN3O3. The van der Waals surface area contributed by atoms with E-state index in [4.69, 9.17) is 14.8 Å². The summed E-state index contributed by atoms with van der Waals surface area (Å²) < 4.78 is 5.88. The monoisotopic (exact) mass is 311 g/mol. The first-order chi connectivity index (χ1) is 8.65. The van der Waals surface area contributed by atoms with Gasteiger partial charge >= 0.3 is 0 Å². The van der Waals surface area contributed by atoms with Crippen LogP contribution in [0.1, 0.15) is 5.76 Å². The molecule has 0 aromatic carbocycles. The summed E-state index contributed by atoms with van der Waals surface area (Å²) in [5.74, 6) is 0.723. The van der Waals surface area contributed by atoms with E-state index in [1.807, 2.05) is 6.07 Å². The van der Waals surface area contributed by atoms with Crippen molar-refractivity contribution in [2.75, 3.05) is 18.5 Å². The van der Waals surface area contributed by atoms with Crippen LogP contribution in [0.25, 0.3) is 11.0 Å².